The van der Waals surface area contributed by atoms with Gasteiger partial charge in [-0.15, -0.1) is 0 Å². The number of sulfonamides is 1. The van der Waals surface area contributed by atoms with Crippen LogP contribution in [0.25, 0.3) is 0 Å². The molecule has 1 spiro atoms. The Bertz CT molecular complexity index is 962. The van der Waals surface area contributed by atoms with Gasteiger partial charge >= 0.3 is 0 Å². The molecule has 2 atom stereocenters. The number of nitrogens with zero attached hydrogens (tertiary/aromatic N) is 2. The second-order valence-electron chi connectivity index (χ2n) is 9.48. The summed E-state index contributed by atoms with van der Waals surface area (Å²) in [5.41, 5.74) is -0.210. The van der Waals surface area contributed by atoms with Crippen LogP contribution in [0.2, 0.25) is 0 Å². The highest BCUT2D eigenvalue weighted by atomic mass is 32.2. The minimum atomic E-state index is -3.63. The number of rotatable bonds is 6. The first-order chi connectivity index (χ1) is 15.7. The Morgan fingerprint density at radius 1 is 1.24 bits per heavy atom. The molecule has 9 nitrogen and oxygen atoms in total. The lowest BCUT2D eigenvalue weighted by atomic mass is 9.87. The molecule has 0 bridgehead atoms. The van der Waals surface area contributed by atoms with Crippen molar-refractivity contribution in [1.82, 2.24) is 19.8 Å². The van der Waals surface area contributed by atoms with Crippen molar-refractivity contribution in [2.75, 3.05) is 39.3 Å². The molecule has 0 saturated carbocycles. The van der Waals surface area contributed by atoms with E-state index in [2.05, 4.69) is 27.7 Å². The van der Waals surface area contributed by atoms with Crippen LogP contribution in [0, 0.1) is 5.92 Å². The van der Waals surface area contributed by atoms with Crippen molar-refractivity contribution in [3.8, 4) is 0 Å². The Morgan fingerprint density at radius 3 is 2.58 bits per heavy atom. The summed E-state index contributed by atoms with van der Waals surface area (Å²) in [7, 11) is -3.63. The van der Waals surface area contributed by atoms with Crippen LogP contribution < -0.4 is 10.6 Å². The zero-order valence-corrected chi connectivity index (χ0v) is 20.1. The molecule has 4 rings (SSSR count). The SMILES string of the molecule is CC(C)S(=O)(=O)N1C[C@H](C(=O)NC2CCN(Cc3ccccc3)CC2)[C@@]2(C1)OCCNC2=O. The third kappa shape index (κ3) is 4.94. The molecule has 33 heavy (non-hydrogen) atoms. The zero-order valence-electron chi connectivity index (χ0n) is 19.3. The molecule has 3 heterocycles. The van der Waals surface area contributed by atoms with Gasteiger partial charge in [-0.2, -0.15) is 4.31 Å². The number of hydrogen-bond donors (Lipinski definition) is 2. The smallest absolute Gasteiger partial charge is 0.254 e. The van der Waals surface area contributed by atoms with Gasteiger partial charge in [0.15, 0.2) is 5.60 Å². The standard InChI is InChI=1S/C23H34N4O5S/c1-17(2)33(30,31)27-15-20(23(16-27)22(29)24-10-13-32-23)21(28)25-19-8-11-26(12-9-19)14-18-6-4-3-5-7-18/h3-7,17,19-20H,8-16H2,1-2H3,(H,24,29)(H,25,28)/t20-,23-/m1/s1. The van der Waals surface area contributed by atoms with Gasteiger partial charge in [-0.25, -0.2) is 8.42 Å². The molecule has 182 valence electrons. The van der Waals surface area contributed by atoms with Crippen molar-refractivity contribution in [1.29, 1.82) is 0 Å². The monoisotopic (exact) mass is 478 g/mol. The number of nitrogens with one attached hydrogen (secondary N) is 2. The molecule has 3 aliphatic heterocycles. The predicted molar refractivity (Wildman–Crippen MR) is 124 cm³/mol. The summed E-state index contributed by atoms with van der Waals surface area (Å²) < 4.78 is 32.7. The molecule has 2 N–H and O–H groups in total. The molecular weight excluding hydrogens is 444 g/mol. The Kier molecular flexibility index (Phi) is 7.09. The maximum atomic E-state index is 13.3. The Labute approximate surface area is 195 Å². The molecule has 1 aromatic carbocycles. The van der Waals surface area contributed by atoms with Gasteiger partial charge in [0.05, 0.1) is 24.3 Å². The predicted octanol–water partition coefficient (Wildman–Crippen LogP) is 0.322. The van der Waals surface area contributed by atoms with Crippen molar-refractivity contribution in [3.05, 3.63) is 35.9 Å². The maximum absolute atomic E-state index is 13.3. The van der Waals surface area contributed by atoms with E-state index in [9.17, 15) is 18.0 Å². The third-order valence-electron chi connectivity index (χ3n) is 6.95. The lowest BCUT2D eigenvalue weighted by Crippen LogP contribution is -2.62. The van der Waals surface area contributed by atoms with E-state index >= 15 is 0 Å². The van der Waals surface area contributed by atoms with Crippen molar-refractivity contribution >= 4 is 21.8 Å². The lowest BCUT2D eigenvalue weighted by molar-refractivity contribution is -0.163. The number of carbonyl (C=O) groups excluding carboxylic acids is 2. The average molecular weight is 479 g/mol. The van der Waals surface area contributed by atoms with E-state index in [1.54, 1.807) is 13.8 Å². The van der Waals surface area contributed by atoms with Gasteiger partial charge in [0, 0.05) is 38.8 Å². The van der Waals surface area contributed by atoms with Gasteiger partial charge < -0.3 is 15.4 Å². The Morgan fingerprint density at radius 2 is 1.94 bits per heavy atom. The fraction of sp³-hybridized carbons (Fsp3) is 0.652. The fourth-order valence-electron chi connectivity index (χ4n) is 4.94. The van der Waals surface area contributed by atoms with Crippen LogP contribution in [-0.4, -0.2) is 85.7 Å². The number of ether oxygens (including phenoxy) is 1. The van der Waals surface area contributed by atoms with E-state index in [-0.39, 0.29) is 31.6 Å². The van der Waals surface area contributed by atoms with Crippen LogP contribution in [-0.2, 0) is 30.9 Å². The largest absolute Gasteiger partial charge is 0.361 e. The summed E-state index contributed by atoms with van der Waals surface area (Å²) in [6.45, 7) is 6.22. The van der Waals surface area contributed by atoms with Crippen LogP contribution in [0.1, 0.15) is 32.3 Å². The number of morpholine rings is 1. The maximum Gasteiger partial charge on any atom is 0.254 e. The number of piperidine rings is 1. The summed E-state index contributed by atoms with van der Waals surface area (Å²) in [5.74, 6) is -1.60. The van der Waals surface area contributed by atoms with E-state index in [0.717, 1.165) is 32.5 Å². The van der Waals surface area contributed by atoms with Crippen LogP contribution in [0.5, 0.6) is 0 Å². The number of amides is 2. The molecule has 10 heteroatoms. The highest BCUT2D eigenvalue weighted by Gasteiger charge is 2.60. The summed E-state index contributed by atoms with van der Waals surface area (Å²) in [6, 6.07) is 10.3. The van der Waals surface area contributed by atoms with E-state index in [0.29, 0.717) is 6.54 Å². The summed E-state index contributed by atoms with van der Waals surface area (Å²) in [4.78, 5) is 28.5. The van der Waals surface area contributed by atoms with E-state index in [1.165, 1.54) is 9.87 Å². The molecule has 3 saturated heterocycles. The molecule has 0 aromatic heterocycles. The molecule has 0 unspecified atom stereocenters. The first-order valence-corrected chi connectivity index (χ1v) is 13.2. The number of likely N-dealkylation sites (tertiary alicyclic amines) is 1. The van der Waals surface area contributed by atoms with Crippen LogP contribution in [0.3, 0.4) is 0 Å². The fourth-order valence-corrected chi connectivity index (χ4v) is 6.27. The van der Waals surface area contributed by atoms with Gasteiger partial charge in [-0.3, -0.25) is 14.5 Å². The van der Waals surface area contributed by atoms with Crippen molar-refractivity contribution in [2.24, 2.45) is 5.92 Å². The summed E-state index contributed by atoms with van der Waals surface area (Å²) in [6.07, 6.45) is 1.61. The van der Waals surface area contributed by atoms with Crippen LogP contribution >= 0.6 is 0 Å². The normalized spacial score (nSPS) is 27.7. The van der Waals surface area contributed by atoms with Gasteiger partial charge in [-0.1, -0.05) is 30.3 Å². The molecule has 1 aromatic rings. The quantitative estimate of drug-likeness (QED) is 0.610. The van der Waals surface area contributed by atoms with Gasteiger partial charge in [0.1, 0.15) is 0 Å². The van der Waals surface area contributed by atoms with E-state index in [1.807, 2.05) is 18.2 Å². The van der Waals surface area contributed by atoms with Gasteiger partial charge in [0.2, 0.25) is 15.9 Å². The van der Waals surface area contributed by atoms with Gasteiger partial charge in [0.25, 0.3) is 5.91 Å². The topological polar surface area (TPSA) is 108 Å². The van der Waals surface area contributed by atoms with Crippen molar-refractivity contribution in [2.45, 2.75) is 50.1 Å². The Balaban J connectivity index is 1.41. The first kappa shape index (κ1) is 24.1. The van der Waals surface area contributed by atoms with E-state index in [4.69, 9.17) is 4.74 Å². The van der Waals surface area contributed by atoms with Crippen molar-refractivity contribution < 1.29 is 22.7 Å². The first-order valence-electron chi connectivity index (χ1n) is 11.7. The molecule has 3 aliphatic rings. The highest BCUT2D eigenvalue weighted by molar-refractivity contribution is 7.89. The number of benzene rings is 1. The van der Waals surface area contributed by atoms with Crippen molar-refractivity contribution in [3.63, 3.8) is 0 Å². The molecular formula is C23H34N4O5S. The lowest BCUT2D eigenvalue weighted by Gasteiger charge is -2.37. The summed E-state index contributed by atoms with van der Waals surface area (Å²) in [5, 5.41) is 5.21. The molecule has 3 fully saturated rings. The molecule has 0 aliphatic carbocycles. The zero-order chi connectivity index (χ0) is 23.6. The number of carbonyl (C=O) groups is 2. The summed E-state index contributed by atoms with van der Waals surface area (Å²) >= 11 is 0. The number of hydrogen-bond acceptors (Lipinski definition) is 6. The van der Waals surface area contributed by atoms with Gasteiger partial charge in [-0.05, 0) is 32.3 Å². The second kappa shape index (κ2) is 9.69. The van der Waals surface area contributed by atoms with Crippen LogP contribution in [0.15, 0.2) is 30.3 Å². The average Bonchev–Trinajstić information content (AvgIpc) is 3.19. The van der Waals surface area contributed by atoms with Crippen LogP contribution in [0.4, 0.5) is 0 Å². The minimum Gasteiger partial charge on any atom is -0.361 e. The van der Waals surface area contributed by atoms with E-state index < -0.39 is 32.7 Å². The molecule has 2 amide bonds. The second-order valence-corrected chi connectivity index (χ2v) is 12.0. The Hall–Kier alpha value is -2.01. The minimum absolute atomic E-state index is 0.0102. The molecule has 0 radical (unpaired) electrons. The third-order valence-corrected chi connectivity index (χ3v) is 9.14. The highest BCUT2D eigenvalue weighted by Crippen LogP contribution is 2.36.